The Labute approximate surface area is 118 Å². The second-order valence-corrected chi connectivity index (χ2v) is 5.23. The molecular weight excluding hydrogens is 266 g/mol. The highest BCUT2D eigenvalue weighted by atomic mass is 35.5. The van der Waals surface area contributed by atoms with E-state index in [4.69, 9.17) is 11.6 Å². The van der Waals surface area contributed by atoms with Gasteiger partial charge in [0.2, 0.25) is 5.91 Å². The van der Waals surface area contributed by atoms with Gasteiger partial charge in [0.25, 0.3) is 0 Å². The predicted molar refractivity (Wildman–Crippen MR) is 76.4 cm³/mol. The summed E-state index contributed by atoms with van der Waals surface area (Å²) in [6, 6.07) is 3.25. The number of aromatic nitrogens is 1. The van der Waals surface area contributed by atoms with Gasteiger partial charge >= 0.3 is 0 Å². The number of halogens is 1. The summed E-state index contributed by atoms with van der Waals surface area (Å²) in [4.78, 5) is 17.7. The highest BCUT2D eigenvalue weighted by Crippen LogP contribution is 2.12. The molecule has 1 rings (SSSR count). The van der Waals surface area contributed by atoms with Gasteiger partial charge in [-0.2, -0.15) is 0 Å². The lowest BCUT2D eigenvalue weighted by Crippen LogP contribution is -2.45. The predicted octanol–water partition coefficient (Wildman–Crippen LogP) is 1.30. The Morgan fingerprint density at radius 2 is 2.21 bits per heavy atom. The number of hydrogen-bond acceptors (Lipinski definition) is 4. The van der Waals surface area contributed by atoms with Crippen molar-refractivity contribution in [2.75, 3.05) is 25.1 Å². The van der Waals surface area contributed by atoms with Gasteiger partial charge in [-0.1, -0.05) is 25.4 Å². The van der Waals surface area contributed by atoms with E-state index in [2.05, 4.69) is 10.3 Å². The summed E-state index contributed by atoms with van der Waals surface area (Å²) >= 11 is 5.76. The molecule has 0 radical (unpaired) electrons. The summed E-state index contributed by atoms with van der Waals surface area (Å²) in [6.45, 7) is 4.02. The SMILES string of the molecule is CC(C)C(CO)NC(=O)CN(C)c1ccc(Cl)cn1. The van der Waals surface area contributed by atoms with Gasteiger partial charge in [-0.3, -0.25) is 4.79 Å². The lowest BCUT2D eigenvalue weighted by Gasteiger charge is -2.23. The number of aliphatic hydroxyl groups is 1. The Kier molecular flexibility index (Phi) is 6.05. The van der Waals surface area contributed by atoms with Gasteiger partial charge in [-0.05, 0) is 18.1 Å². The number of nitrogens with zero attached hydrogens (tertiary/aromatic N) is 2. The van der Waals surface area contributed by atoms with E-state index in [0.29, 0.717) is 10.8 Å². The summed E-state index contributed by atoms with van der Waals surface area (Å²) in [6.07, 6.45) is 1.54. The average Bonchev–Trinajstić information content (AvgIpc) is 2.36. The molecule has 106 valence electrons. The molecule has 5 nitrogen and oxygen atoms in total. The molecule has 0 saturated carbocycles. The molecule has 0 aliphatic rings. The van der Waals surface area contributed by atoms with Gasteiger partial charge in [0, 0.05) is 13.2 Å². The van der Waals surface area contributed by atoms with E-state index in [1.165, 1.54) is 6.20 Å². The fraction of sp³-hybridized carbons (Fsp3) is 0.538. The van der Waals surface area contributed by atoms with Crippen molar-refractivity contribution in [3.05, 3.63) is 23.4 Å². The molecule has 0 aliphatic carbocycles. The lowest BCUT2D eigenvalue weighted by atomic mass is 10.1. The number of amides is 1. The quantitative estimate of drug-likeness (QED) is 0.827. The summed E-state index contributed by atoms with van der Waals surface area (Å²) in [5.41, 5.74) is 0. The number of carbonyl (C=O) groups excluding carboxylic acids is 1. The van der Waals surface area contributed by atoms with Crippen molar-refractivity contribution in [1.29, 1.82) is 0 Å². The Hall–Kier alpha value is -1.33. The molecule has 1 amide bonds. The minimum Gasteiger partial charge on any atom is -0.394 e. The fourth-order valence-corrected chi connectivity index (χ4v) is 1.68. The smallest absolute Gasteiger partial charge is 0.239 e. The monoisotopic (exact) mass is 285 g/mol. The van der Waals surface area contributed by atoms with Crippen LogP contribution in [0, 0.1) is 5.92 Å². The number of carbonyl (C=O) groups is 1. The first-order valence-corrected chi connectivity index (χ1v) is 6.54. The van der Waals surface area contributed by atoms with Crippen molar-refractivity contribution >= 4 is 23.3 Å². The summed E-state index contributed by atoms with van der Waals surface area (Å²) < 4.78 is 0. The van der Waals surface area contributed by atoms with Crippen LogP contribution in [0.25, 0.3) is 0 Å². The van der Waals surface area contributed by atoms with Crippen LogP contribution in [0.3, 0.4) is 0 Å². The number of rotatable bonds is 6. The van der Waals surface area contributed by atoms with Crippen molar-refractivity contribution < 1.29 is 9.90 Å². The van der Waals surface area contributed by atoms with Crippen LogP contribution in [0.1, 0.15) is 13.8 Å². The van der Waals surface area contributed by atoms with Gasteiger partial charge in [-0.25, -0.2) is 4.98 Å². The zero-order valence-corrected chi connectivity index (χ0v) is 12.2. The number of hydrogen-bond donors (Lipinski definition) is 2. The van der Waals surface area contributed by atoms with Crippen molar-refractivity contribution in [2.45, 2.75) is 19.9 Å². The van der Waals surface area contributed by atoms with E-state index in [9.17, 15) is 9.90 Å². The first-order chi connectivity index (χ1) is 8.93. The third-order valence-corrected chi connectivity index (χ3v) is 3.06. The topological polar surface area (TPSA) is 65.5 Å². The van der Waals surface area contributed by atoms with E-state index < -0.39 is 0 Å². The number of likely N-dealkylation sites (N-methyl/N-ethyl adjacent to an activating group) is 1. The van der Waals surface area contributed by atoms with Crippen molar-refractivity contribution in [2.24, 2.45) is 5.92 Å². The molecule has 0 fully saturated rings. The number of aliphatic hydroxyl groups excluding tert-OH is 1. The molecule has 1 heterocycles. The average molecular weight is 286 g/mol. The molecular formula is C13H20ClN3O2. The van der Waals surface area contributed by atoms with Crippen LogP contribution in [0.15, 0.2) is 18.3 Å². The second kappa shape index (κ2) is 7.31. The highest BCUT2D eigenvalue weighted by Gasteiger charge is 2.16. The molecule has 0 aliphatic heterocycles. The molecule has 0 saturated heterocycles. The van der Waals surface area contributed by atoms with E-state index in [1.807, 2.05) is 13.8 Å². The maximum Gasteiger partial charge on any atom is 0.239 e. The first kappa shape index (κ1) is 15.7. The standard InChI is InChI=1S/C13H20ClN3O2/c1-9(2)11(8-18)16-13(19)7-17(3)12-5-4-10(14)6-15-12/h4-6,9,11,18H,7-8H2,1-3H3,(H,16,19). The molecule has 1 unspecified atom stereocenters. The Bertz CT molecular complexity index is 409. The Morgan fingerprint density at radius 1 is 1.53 bits per heavy atom. The zero-order valence-electron chi connectivity index (χ0n) is 11.4. The van der Waals surface area contributed by atoms with Gasteiger partial charge in [0.15, 0.2) is 0 Å². The van der Waals surface area contributed by atoms with E-state index in [-0.39, 0.29) is 31.0 Å². The van der Waals surface area contributed by atoms with Gasteiger partial charge < -0.3 is 15.3 Å². The van der Waals surface area contributed by atoms with Crippen LogP contribution in [-0.4, -0.2) is 42.2 Å². The minimum atomic E-state index is -0.223. The first-order valence-electron chi connectivity index (χ1n) is 6.17. The van der Waals surface area contributed by atoms with Crippen LogP contribution >= 0.6 is 11.6 Å². The van der Waals surface area contributed by atoms with Crippen LogP contribution in [0.4, 0.5) is 5.82 Å². The van der Waals surface area contributed by atoms with Gasteiger partial charge in [-0.15, -0.1) is 0 Å². The van der Waals surface area contributed by atoms with Crippen LogP contribution in [0.2, 0.25) is 5.02 Å². The van der Waals surface area contributed by atoms with E-state index in [0.717, 1.165) is 0 Å². The molecule has 1 aromatic rings. The third kappa shape index (κ3) is 5.04. The Morgan fingerprint density at radius 3 is 2.68 bits per heavy atom. The second-order valence-electron chi connectivity index (χ2n) is 4.79. The summed E-state index contributed by atoms with van der Waals surface area (Å²) in [5, 5.41) is 12.5. The summed E-state index contributed by atoms with van der Waals surface area (Å²) in [7, 11) is 1.78. The number of nitrogens with one attached hydrogen (secondary N) is 1. The minimum absolute atomic E-state index is 0.0632. The highest BCUT2D eigenvalue weighted by molar-refractivity contribution is 6.30. The maximum atomic E-state index is 11.8. The third-order valence-electron chi connectivity index (χ3n) is 2.83. The maximum absolute atomic E-state index is 11.8. The van der Waals surface area contributed by atoms with E-state index >= 15 is 0 Å². The van der Waals surface area contributed by atoms with Crippen molar-refractivity contribution in [3.8, 4) is 0 Å². The summed E-state index contributed by atoms with van der Waals surface area (Å²) in [5.74, 6) is 0.713. The Balaban J connectivity index is 2.54. The van der Waals surface area contributed by atoms with E-state index in [1.54, 1.807) is 24.1 Å². The number of anilines is 1. The fourth-order valence-electron chi connectivity index (χ4n) is 1.57. The normalized spacial score (nSPS) is 12.3. The van der Waals surface area contributed by atoms with Crippen molar-refractivity contribution in [3.63, 3.8) is 0 Å². The largest absolute Gasteiger partial charge is 0.394 e. The van der Waals surface area contributed by atoms with Gasteiger partial charge in [0.1, 0.15) is 5.82 Å². The van der Waals surface area contributed by atoms with Crippen LogP contribution < -0.4 is 10.2 Å². The van der Waals surface area contributed by atoms with Crippen LogP contribution in [-0.2, 0) is 4.79 Å². The lowest BCUT2D eigenvalue weighted by molar-refractivity contribution is -0.121. The molecule has 2 N–H and O–H groups in total. The zero-order chi connectivity index (χ0) is 14.4. The van der Waals surface area contributed by atoms with Gasteiger partial charge in [0.05, 0.1) is 24.2 Å². The molecule has 1 aromatic heterocycles. The molecule has 0 spiro atoms. The molecule has 0 aromatic carbocycles. The van der Waals surface area contributed by atoms with Crippen LogP contribution in [0.5, 0.6) is 0 Å². The molecule has 6 heteroatoms. The number of pyridine rings is 1. The molecule has 0 bridgehead atoms. The molecule has 1 atom stereocenters. The van der Waals surface area contributed by atoms with Crippen molar-refractivity contribution in [1.82, 2.24) is 10.3 Å². The molecule has 19 heavy (non-hydrogen) atoms.